The molecule has 0 aromatic heterocycles. The molecule has 82 valence electrons. The molecule has 4 heteroatoms. The summed E-state index contributed by atoms with van der Waals surface area (Å²) >= 11 is 0. The molecule has 0 bridgehead atoms. The quantitative estimate of drug-likeness (QED) is 0.740. The maximum atomic E-state index is 10.2. The van der Waals surface area contributed by atoms with Crippen LogP contribution in [0.4, 0.5) is 0 Å². The van der Waals surface area contributed by atoms with Gasteiger partial charge >= 0.3 is 5.97 Å². The summed E-state index contributed by atoms with van der Waals surface area (Å²) in [5.41, 5.74) is 1.17. The first-order valence-electron chi connectivity index (χ1n) is 4.80. The zero-order valence-corrected chi connectivity index (χ0v) is 8.69. The van der Waals surface area contributed by atoms with Gasteiger partial charge in [-0.3, -0.25) is 4.79 Å². The first-order chi connectivity index (χ1) is 7.22. The highest BCUT2D eigenvalue weighted by Crippen LogP contribution is 2.12. The highest BCUT2D eigenvalue weighted by atomic mass is 16.5. The van der Waals surface area contributed by atoms with E-state index in [1.165, 1.54) is 5.56 Å². The van der Waals surface area contributed by atoms with E-state index in [0.717, 1.165) is 6.54 Å². The molecule has 0 saturated heterocycles. The number of aliphatic carboxylic acids is 1. The Balaban J connectivity index is 2.39. The van der Waals surface area contributed by atoms with Crippen LogP contribution < -0.4 is 10.1 Å². The number of rotatable bonds is 6. The molecule has 1 rings (SSSR count). The van der Waals surface area contributed by atoms with Gasteiger partial charge in [-0.25, -0.2) is 0 Å². The average Bonchev–Trinajstić information content (AvgIpc) is 2.20. The van der Waals surface area contributed by atoms with Crippen LogP contribution in [-0.2, 0) is 11.3 Å². The molecule has 4 nitrogen and oxygen atoms in total. The number of hydrogen-bond donors (Lipinski definition) is 2. The number of carboxylic acids is 1. The van der Waals surface area contributed by atoms with Crippen LogP contribution in [0.15, 0.2) is 24.3 Å². The predicted molar refractivity (Wildman–Crippen MR) is 57.0 cm³/mol. The van der Waals surface area contributed by atoms with Gasteiger partial charge in [-0.2, -0.15) is 0 Å². The fourth-order valence-electron chi connectivity index (χ4n) is 1.16. The van der Waals surface area contributed by atoms with Crippen molar-refractivity contribution >= 4 is 5.97 Å². The number of ether oxygens (including phenoxy) is 1. The third-order valence-electron chi connectivity index (χ3n) is 1.89. The smallest absolute Gasteiger partial charge is 0.306 e. The van der Waals surface area contributed by atoms with E-state index < -0.39 is 5.97 Å². The fraction of sp³-hybridized carbons (Fsp3) is 0.364. The molecule has 0 aliphatic carbocycles. The summed E-state index contributed by atoms with van der Waals surface area (Å²) in [6.07, 6.45) is 0.0261. The van der Waals surface area contributed by atoms with Crippen LogP contribution in [0.5, 0.6) is 5.75 Å². The van der Waals surface area contributed by atoms with Crippen molar-refractivity contribution in [3.8, 4) is 5.75 Å². The molecule has 1 aromatic carbocycles. The lowest BCUT2D eigenvalue weighted by Gasteiger charge is -2.05. The fourth-order valence-corrected chi connectivity index (χ4v) is 1.16. The molecule has 15 heavy (non-hydrogen) atoms. The van der Waals surface area contributed by atoms with Crippen molar-refractivity contribution in [3.63, 3.8) is 0 Å². The lowest BCUT2D eigenvalue weighted by Crippen LogP contribution is -2.06. The molecule has 0 heterocycles. The Bertz CT molecular complexity index is 308. The Morgan fingerprint density at radius 1 is 1.40 bits per heavy atom. The second-order valence-electron chi connectivity index (χ2n) is 3.17. The molecule has 0 atom stereocenters. The Hall–Kier alpha value is -1.55. The molecule has 2 N–H and O–H groups in total. The maximum Gasteiger partial charge on any atom is 0.306 e. The number of carbonyl (C=O) groups is 1. The van der Waals surface area contributed by atoms with E-state index in [4.69, 9.17) is 9.84 Å². The van der Waals surface area contributed by atoms with Gasteiger partial charge in [-0.15, -0.1) is 0 Å². The molecule has 0 spiro atoms. The Kier molecular flexibility index (Phi) is 4.63. The first kappa shape index (κ1) is 11.5. The summed E-state index contributed by atoms with van der Waals surface area (Å²) in [7, 11) is 1.89. The third-order valence-corrected chi connectivity index (χ3v) is 1.89. The Labute approximate surface area is 88.9 Å². The van der Waals surface area contributed by atoms with Crippen LogP contribution >= 0.6 is 0 Å². The summed E-state index contributed by atoms with van der Waals surface area (Å²) in [6, 6.07) is 7.59. The molecule has 0 unspecified atom stereocenters. The van der Waals surface area contributed by atoms with E-state index in [1.54, 1.807) is 0 Å². The summed E-state index contributed by atoms with van der Waals surface area (Å²) in [5, 5.41) is 11.5. The van der Waals surface area contributed by atoms with Gasteiger partial charge in [0.25, 0.3) is 0 Å². The zero-order chi connectivity index (χ0) is 11.1. The van der Waals surface area contributed by atoms with Gasteiger partial charge in [0.1, 0.15) is 5.75 Å². The average molecular weight is 209 g/mol. The second-order valence-corrected chi connectivity index (χ2v) is 3.17. The largest absolute Gasteiger partial charge is 0.493 e. The van der Waals surface area contributed by atoms with E-state index in [2.05, 4.69) is 5.32 Å². The zero-order valence-electron chi connectivity index (χ0n) is 8.69. The van der Waals surface area contributed by atoms with E-state index in [-0.39, 0.29) is 13.0 Å². The summed E-state index contributed by atoms with van der Waals surface area (Å²) in [6.45, 7) is 1.02. The minimum Gasteiger partial charge on any atom is -0.493 e. The van der Waals surface area contributed by atoms with Crippen LogP contribution in [0, 0.1) is 0 Å². The van der Waals surface area contributed by atoms with Gasteiger partial charge in [-0.1, -0.05) is 12.1 Å². The number of carboxylic acid groups (broad SMARTS) is 1. The van der Waals surface area contributed by atoms with Crippen molar-refractivity contribution in [1.82, 2.24) is 5.32 Å². The van der Waals surface area contributed by atoms with E-state index in [0.29, 0.717) is 5.75 Å². The Morgan fingerprint density at radius 2 is 2.07 bits per heavy atom. The van der Waals surface area contributed by atoms with E-state index in [1.807, 2.05) is 31.3 Å². The van der Waals surface area contributed by atoms with Crippen molar-refractivity contribution in [2.75, 3.05) is 13.7 Å². The lowest BCUT2D eigenvalue weighted by molar-refractivity contribution is -0.137. The highest BCUT2D eigenvalue weighted by molar-refractivity contribution is 5.66. The molecule has 0 saturated carbocycles. The first-order valence-corrected chi connectivity index (χ1v) is 4.80. The molecule has 0 radical (unpaired) electrons. The van der Waals surface area contributed by atoms with Crippen LogP contribution in [0.2, 0.25) is 0 Å². The molecule has 0 fully saturated rings. The topological polar surface area (TPSA) is 58.6 Å². The van der Waals surface area contributed by atoms with Crippen LogP contribution in [0.25, 0.3) is 0 Å². The Morgan fingerprint density at radius 3 is 2.60 bits per heavy atom. The monoisotopic (exact) mass is 209 g/mol. The lowest BCUT2D eigenvalue weighted by atomic mass is 10.2. The second kappa shape index (κ2) is 6.03. The van der Waals surface area contributed by atoms with Gasteiger partial charge in [0.15, 0.2) is 0 Å². The normalized spacial score (nSPS) is 9.93. The van der Waals surface area contributed by atoms with Gasteiger partial charge in [-0.05, 0) is 24.7 Å². The van der Waals surface area contributed by atoms with E-state index >= 15 is 0 Å². The molecular formula is C11H15NO3. The molecule has 0 aliphatic rings. The van der Waals surface area contributed by atoms with Crippen molar-refractivity contribution in [3.05, 3.63) is 29.8 Å². The standard InChI is InChI=1S/C11H15NO3/c1-12-8-9-2-4-10(5-3-9)15-7-6-11(13)14/h2-5,12H,6-8H2,1H3,(H,13,14). The van der Waals surface area contributed by atoms with Gasteiger partial charge < -0.3 is 15.2 Å². The van der Waals surface area contributed by atoms with Crippen LogP contribution in [-0.4, -0.2) is 24.7 Å². The number of nitrogens with one attached hydrogen (secondary N) is 1. The van der Waals surface area contributed by atoms with Crippen molar-refractivity contribution in [1.29, 1.82) is 0 Å². The van der Waals surface area contributed by atoms with Crippen molar-refractivity contribution < 1.29 is 14.6 Å². The highest BCUT2D eigenvalue weighted by Gasteiger charge is 1.98. The van der Waals surface area contributed by atoms with Gasteiger partial charge in [0.05, 0.1) is 13.0 Å². The van der Waals surface area contributed by atoms with Crippen molar-refractivity contribution in [2.45, 2.75) is 13.0 Å². The summed E-state index contributed by atoms with van der Waals surface area (Å²) in [4.78, 5) is 10.2. The number of hydrogen-bond acceptors (Lipinski definition) is 3. The van der Waals surface area contributed by atoms with E-state index in [9.17, 15) is 4.79 Å². The van der Waals surface area contributed by atoms with Gasteiger partial charge in [0, 0.05) is 6.54 Å². The molecule has 0 amide bonds. The molecular weight excluding hydrogens is 194 g/mol. The van der Waals surface area contributed by atoms with Crippen LogP contribution in [0.3, 0.4) is 0 Å². The minimum atomic E-state index is -0.846. The molecule has 1 aromatic rings. The van der Waals surface area contributed by atoms with Gasteiger partial charge in [0.2, 0.25) is 0 Å². The summed E-state index contributed by atoms with van der Waals surface area (Å²) in [5.74, 6) is -0.141. The third kappa shape index (κ3) is 4.46. The molecule has 0 aliphatic heterocycles. The predicted octanol–water partition coefficient (Wildman–Crippen LogP) is 1.26. The van der Waals surface area contributed by atoms with Crippen molar-refractivity contribution in [2.24, 2.45) is 0 Å². The SMILES string of the molecule is CNCc1ccc(OCCC(=O)O)cc1. The maximum absolute atomic E-state index is 10.2. The minimum absolute atomic E-state index is 0.0261. The number of benzene rings is 1. The van der Waals surface area contributed by atoms with Crippen LogP contribution in [0.1, 0.15) is 12.0 Å². The summed E-state index contributed by atoms with van der Waals surface area (Å²) < 4.78 is 5.25.